The molecule has 0 bridgehead atoms. The second kappa shape index (κ2) is 10.1. The van der Waals surface area contributed by atoms with Crippen molar-refractivity contribution >= 4 is 26.8 Å². The van der Waals surface area contributed by atoms with E-state index in [1.165, 1.54) is 22.9 Å². The van der Waals surface area contributed by atoms with E-state index in [9.17, 15) is 4.39 Å². The number of rotatable bonds is 6. The zero-order valence-corrected chi connectivity index (χ0v) is 23.5. The van der Waals surface area contributed by atoms with E-state index in [1.54, 1.807) is 7.11 Å². The van der Waals surface area contributed by atoms with Crippen molar-refractivity contribution in [3.8, 4) is 0 Å². The van der Waals surface area contributed by atoms with Crippen molar-refractivity contribution in [2.24, 2.45) is 17.3 Å². The first-order chi connectivity index (χ1) is 17.9. The minimum atomic E-state index is -0.428. The minimum Gasteiger partial charge on any atom is -0.501 e. The molecule has 8 heteroatoms. The Labute approximate surface area is 226 Å². The zero-order chi connectivity index (χ0) is 25.7. The first kappa shape index (κ1) is 25.5. The topological polar surface area (TPSA) is 48.8 Å². The molecule has 3 aliphatic heterocycles. The molecule has 5 atom stereocenters. The number of alkyl halides is 1. The quantitative estimate of drug-likeness (QED) is 0.419. The van der Waals surface area contributed by atoms with Crippen LogP contribution in [0, 0.1) is 17.3 Å². The van der Waals surface area contributed by atoms with Gasteiger partial charge in [0.2, 0.25) is 0 Å². The Kier molecular flexibility index (Phi) is 6.97. The molecule has 1 aromatic heterocycles. The highest BCUT2D eigenvalue weighted by atomic mass is 79.9. The predicted octanol–water partition coefficient (Wildman–Crippen LogP) is 6.08. The molecule has 4 heterocycles. The molecule has 2 fully saturated rings. The molecule has 0 saturated carbocycles. The molecule has 6 rings (SSSR count). The molecule has 1 aliphatic carbocycles. The van der Waals surface area contributed by atoms with Gasteiger partial charge in [-0.2, -0.15) is 5.10 Å². The van der Waals surface area contributed by atoms with Gasteiger partial charge in [-0.25, -0.2) is 4.68 Å². The van der Waals surface area contributed by atoms with Gasteiger partial charge in [0, 0.05) is 41.0 Å². The lowest BCUT2D eigenvalue weighted by atomic mass is 9.73. The second-order valence-electron chi connectivity index (χ2n) is 11.5. The van der Waals surface area contributed by atoms with E-state index in [-0.39, 0.29) is 36.8 Å². The third-order valence-electron chi connectivity index (χ3n) is 8.89. The van der Waals surface area contributed by atoms with E-state index in [4.69, 9.17) is 19.3 Å². The maximum atomic E-state index is 14.3. The Hall–Kier alpha value is -1.74. The molecule has 0 amide bonds. The number of benzene rings is 1. The second-order valence-corrected chi connectivity index (χ2v) is 12.4. The summed E-state index contributed by atoms with van der Waals surface area (Å²) < 4.78 is 35.0. The Balaban J connectivity index is 1.46. The standard InChI is InChI=1S/C29H37BrFN3O3/c1-18-10-20(30)12-25(35-3)27(18)28-21-7-8-24-23(13-32-34(24)26-6-4-5-9-37-26)22(21)11-19(2)33(28)15-29(14-31)16-36-17-29/h7-8,10,12-13,18-19,26-28H,4-6,9,11,14-17H2,1-3H3/t18?,19-,26?,27?,28+/m1/s1. The third-order valence-corrected chi connectivity index (χ3v) is 9.38. The van der Waals surface area contributed by atoms with Gasteiger partial charge in [-0.3, -0.25) is 9.29 Å². The van der Waals surface area contributed by atoms with Crippen LogP contribution in [0.4, 0.5) is 4.39 Å². The van der Waals surface area contributed by atoms with E-state index in [1.807, 2.05) is 6.20 Å². The summed E-state index contributed by atoms with van der Waals surface area (Å²) in [6.07, 6.45) is 10.6. The molecule has 0 radical (unpaired) electrons. The highest BCUT2D eigenvalue weighted by Crippen LogP contribution is 2.49. The number of hydrogen-bond acceptors (Lipinski definition) is 5. The lowest BCUT2D eigenvalue weighted by Gasteiger charge is -2.52. The van der Waals surface area contributed by atoms with Gasteiger partial charge >= 0.3 is 0 Å². The molecule has 200 valence electrons. The van der Waals surface area contributed by atoms with E-state index >= 15 is 0 Å². The van der Waals surface area contributed by atoms with Crippen LogP contribution in [0.15, 0.2) is 40.7 Å². The largest absolute Gasteiger partial charge is 0.501 e. The summed E-state index contributed by atoms with van der Waals surface area (Å²) in [5.74, 6) is 1.31. The van der Waals surface area contributed by atoms with E-state index in [2.05, 4.69) is 63.6 Å². The molecule has 2 aromatic rings. The number of halogens is 2. The van der Waals surface area contributed by atoms with Gasteiger partial charge in [-0.1, -0.05) is 35.0 Å². The van der Waals surface area contributed by atoms with Crippen molar-refractivity contribution < 1.29 is 18.6 Å². The molecule has 3 unspecified atom stereocenters. The molecular formula is C29H37BrFN3O3. The number of allylic oxidation sites excluding steroid dienone is 3. The number of nitrogens with zero attached hydrogens (tertiary/aromatic N) is 3. The van der Waals surface area contributed by atoms with Crippen LogP contribution < -0.4 is 0 Å². The van der Waals surface area contributed by atoms with E-state index in [0.29, 0.717) is 19.8 Å². The third kappa shape index (κ3) is 4.38. The van der Waals surface area contributed by atoms with Crippen LogP contribution in [0.25, 0.3) is 10.9 Å². The van der Waals surface area contributed by atoms with Crippen LogP contribution in [0.5, 0.6) is 0 Å². The van der Waals surface area contributed by atoms with Crippen LogP contribution in [0.3, 0.4) is 0 Å². The lowest BCUT2D eigenvalue weighted by molar-refractivity contribution is -0.147. The van der Waals surface area contributed by atoms with Gasteiger partial charge in [0.15, 0.2) is 6.23 Å². The summed E-state index contributed by atoms with van der Waals surface area (Å²) in [7, 11) is 1.76. The van der Waals surface area contributed by atoms with Crippen LogP contribution in [0.1, 0.15) is 56.5 Å². The average molecular weight is 575 g/mol. The van der Waals surface area contributed by atoms with Crippen LogP contribution in [0.2, 0.25) is 0 Å². The fraction of sp³-hybridized carbons (Fsp3) is 0.621. The Bertz CT molecular complexity index is 1210. The fourth-order valence-electron chi connectivity index (χ4n) is 6.89. The van der Waals surface area contributed by atoms with Gasteiger partial charge in [-0.05, 0) is 61.8 Å². The van der Waals surface area contributed by atoms with Gasteiger partial charge in [0.25, 0.3) is 0 Å². The van der Waals surface area contributed by atoms with Crippen LogP contribution in [-0.2, 0) is 20.6 Å². The highest BCUT2D eigenvalue weighted by molar-refractivity contribution is 9.11. The maximum absolute atomic E-state index is 14.3. The summed E-state index contributed by atoms with van der Waals surface area (Å²) in [6, 6.07) is 4.79. The van der Waals surface area contributed by atoms with E-state index < -0.39 is 5.41 Å². The van der Waals surface area contributed by atoms with Crippen molar-refractivity contribution in [2.45, 2.75) is 57.8 Å². The SMILES string of the molecule is COC1=CC(Br)=CC(C)C1[C@@H]1c2ccc3c(cnn3C3CCCCO3)c2C[C@@H](C)N1CC1(CF)COC1. The van der Waals surface area contributed by atoms with Crippen LogP contribution >= 0.6 is 15.9 Å². The summed E-state index contributed by atoms with van der Waals surface area (Å²) in [5, 5.41) is 6.03. The van der Waals surface area contributed by atoms with Crippen molar-refractivity contribution in [3.05, 3.63) is 51.9 Å². The number of hydrogen-bond donors (Lipinski definition) is 0. The van der Waals surface area contributed by atoms with Gasteiger partial charge in [-0.15, -0.1) is 0 Å². The monoisotopic (exact) mass is 573 g/mol. The summed E-state index contributed by atoms with van der Waals surface area (Å²) >= 11 is 3.68. The van der Waals surface area contributed by atoms with Crippen molar-refractivity contribution in [2.75, 3.05) is 40.1 Å². The Morgan fingerprint density at radius 1 is 1.24 bits per heavy atom. The molecule has 2 saturated heterocycles. The summed E-state index contributed by atoms with van der Waals surface area (Å²) in [6.45, 7) is 6.61. The summed E-state index contributed by atoms with van der Waals surface area (Å²) in [4.78, 5) is 2.53. The smallest absolute Gasteiger partial charge is 0.150 e. The number of fused-ring (bicyclic) bond motifs is 3. The normalized spacial score (nSPS) is 31.9. The van der Waals surface area contributed by atoms with Gasteiger partial charge in [0.1, 0.15) is 12.4 Å². The molecule has 37 heavy (non-hydrogen) atoms. The Morgan fingerprint density at radius 3 is 2.76 bits per heavy atom. The van der Waals surface area contributed by atoms with Crippen molar-refractivity contribution in [1.82, 2.24) is 14.7 Å². The maximum Gasteiger partial charge on any atom is 0.150 e. The minimum absolute atomic E-state index is 0.00419. The summed E-state index contributed by atoms with van der Waals surface area (Å²) in [5.41, 5.74) is 3.36. The Morgan fingerprint density at radius 2 is 2.08 bits per heavy atom. The number of aromatic nitrogens is 2. The van der Waals surface area contributed by atoms with Gasteiger partial charge < -0.3 is 14.2 Å². The lowest BCUT2D eigenvalue weighted by Crippen LogP contribution is -2.57. The average Bonchev–Trinajstić information content (AvgIpc) is 3.31. The first-order valence-corrected chi connectivity index (χ1v) is 14.4. The first-order valence-electron chi connectivity index (χ1n) is 13.6. The van der Waals surface area contributed by atoms with Crippen molar-refractivity contribution in [3.63, 3.8) is 0 Å². The molecular weight excluding hydrogens is 537 g/mol. The fourth-order valence-corrected chi connectivity index (χ4v) is 7.53. The van der Waals surface area contributed by atoms with E-state index in [0.717, 1.165) is 41.6 Å². The number of ether oxygens (including phenoxy) is 3. The van der Waals surface area contributed by atoms with Crippen molar-refractivity contribution in [1.29, 1.82) is 0 Å². The molecule has 1 aromatic carbocycles. The predicted molar refractivity (Wildman–Crippen MR) is 145 cm³/mol. The molecule has 4 aliphatic rings. The highest BCUT2D eigenvalue weighted by Gasteiger charge is 2.48. The molecule has 6 nitrogen and oxygen atoms in total. The number of methoxy groups -OCH3 is 1. The van der Waals surface area contributed by atoms with Crippen LogP contribution in [-0.4, -0.2) is 60.9 Å². The van der Waals surface area contributed by atoms with Gasteiger partial charge in [0.05, 0.1) is 37.5 Å². The molecule has 0 spiro atoms. The molecule has 0 N–H and O–H groups in total. The zero-order valence-electron chi connectivity index (χ0n) is 22.0.